The van der Waals surface area contributed by atoms with E-state index in [1.54, 1.807) is 6.07 Å². The van der Waals surface area contributed by atoms with E-state index in [9.17, 15) is 28.5 Å². The van der Waals surface area contributed by atoms with Gasteiger partial charge in [-0.15, -0.1) is 0 Å². The maximum atomic E-state index is 12.9. The second-order valence-electron chi connectivity index (χ2n) is 6.83. The number of aliphatic hydroxyl groups excluding tert-OH is 3. The topological polar surface area (TPSA) is 126 Å². The minimum absolute atomic E-state index is 0.0662. The molecule has 160 valence electrons. The second kappa shape index (κ2) is 7.80. The smallest absolute Gasteiger partial charge is 0.394 e. The van der Waals surface area contributed by atoms with Gasteiger partial charge in [0.25, 0.3) is 0 Å². The third-order valence-corrected chi connectivity index (χ3v) is 4.86. The first kappa shape index (κ1) is 20.5. The number of nitrogens with one attached hydrogen (secondary N) is 1. The maximum Gasteiger partial charge on any atom is 0.416 e. The highest BCUT2D eigenvalue weighted by Gasteiger charge is 2.44. The van der Waals surface area contributed by atoms with Gasteiger partial charge in [-0.05, 0) is 17.7 Å². The van der Waals surface area contributed by atoms with Crippen molar-refractivity contribution in [1.82, 2.24) is 19.5 Å². The van der Waals surface area contributed by atoms with Crippen molar-refractivity contribution in [2.75, 3.05) is 11.9 Å². The Morgan fingerprint density at radius 3 is 2.63 bits per heavy atom. The summed E-state index contributed by atoms with van der Waals surface area (Å²) in [6.45, 7) is -0.406. The maximum absolute atomic E-state index is 12.9. The van der Waals surface area contributed by atoms with E-state index in [4.69, 9.17) is 4.74 Å². The zero-order valence-electron chi connectivity index (χ0n) is 15.4. The van der Waals surface area contributed by atoms with Crippen molar-refractivity contribution in [2.24, 2.45) is 0 Å². The number of halogens is 3. The number of aromatic nitrogens is 4. The molecular weight excluding hydrogens is 407 g/mol. The lowest BCUT2D eigenvalue weighted by Crippen LogP contribution is -2.33. The second-order valence-corrected chi connectivity index (χ2v) is 6.83. The molecule has 0 bridgehead atoms. The van der Waals surface area contributed by atoms with Gasteiger partial charge in [0.15, 0.2) is 23.2 Å². The van der Waals surface area contributed by atoms with E-state index < -0.39 is 42.9 Å². The van der Waals surface area contributed by atoms with Crippen LogP contribution in [0.5, 0.6) is 0 Å². The third kappa shape index (κ3) is 3.69. The Kier molecular flexibility index (Phi) is 5.32. The highest BCUT2D eigenvalue weighted by Crippen LogP contribution is 2.32. The van der Waals surface area contributed by atoms with Crippen molar-refractivity contribution in [2.45, 2.75) is 37.3 Å². The van der Waals surface area contributed by atoms with E-state index in [-0.39, 0.29) is 18.0 Å². The average molecular weight is 425 g/mol. The molecule has 0 saturated carbocycles. The molecule has 3 aromatic rings. The van der Waals surface area contributed by atoms with Crippen LogP contribution in [0.3, 0.4) is 0 Å². The molecule has 4 rings (SSSR count). The fourth-order valence-corrected chi connectivity index (χ4v) is 3.32. The van der Waals surface area contributed by atoms with Gasteiger partial charge in [0, 0.05) is 6.54 Å². The molecule has 12 heteroatoms. The van der Waals surface area contributed by atoms with Crippen LogP contribution in [0.2, 0.25) is 0 Å². The molecule has 4 atom stereocenters. The lowest BCUT2D eigenvalue weighted by atomic mass is 10.1. The molecule has 4 N–H and O–H groups in total. The predicted octanol–water partition coefficient (Wildman–Crippen LogP) is 1.07. The summed E-state index contributed by atoms with van der Waals surface area (Å²) in [6.07, 6.45) is -6.42. The van der Waals surface area contributed by atoms with Gasteiger partial charge >= 0.3 is 6.18 Å². The zero-order valence-corrected chi connectivity index (χ0v) is 15.4. The van der Waals surface area contributed by atoms with Crippen LogP contribution in [0.1, 0.15) is 17.4 Å². The summed E-state index contributed by atoms with van der Waals surface area (Å²) in [7, 11) is 0. The standard InChI is InChI=1S/C18H18F3N5O4/c19-18(20,21)10-3-1-2-9(4-10)5-22-15-12-16(24-7-23-15)26(8-25-12)17-14(29)13(28)11(6-27)30-17/h1-4,7-8,11,13-14,17,27-29H,5-6H2,(H,22,23,24)/t11-,13-,14+,17-/m1/s1. The molecule has 3 heterocycles. The molecule has 1 fully saturated rings. The number of aliphatic hydroxyl groups is 3. The lowest BCUT2D eigenvalue weighted by molar-refractivity contribution is -0.137. The molecule has 1 saturated heterocycles. The molecule has 1 aliphatic heterocycles. The molecular formula is C18H18F3N5O4. The summed E-state index contributed by atoms with van der Waals surface area (Å²) in [5, 5.41) is 32.4. The Bertz CT molecular complexity index is 1040. The number of nitrogens with zero attached hydrogens (tertiary/aromatic N) is 4. The van der Waals surface area contributed by atoms with Gasteiger partial charge in [0.1, 0.15) is 24.6 Å². The van der Waals surface area contributed by atoms with Crippen molar-refractivity contribution in [3.63, 3.8) is 0 Å². The molecule has 0 radical (unpaired) electrons. The Morgan fingerprint density at radius 2 is 1.93 bits per heavy atom. The van der Waals surface area contributed by atoms with Crippen LogP contribution in [0.15, 0.2) is 36.9 Å². The molecule has 0 spiro atoms. The fourth-order valence-electron chi connectivity index (χ4n) is 3.32. The van der Waals surface area contributed by atoms with Gasteiger partial charge in [0.2, 0.25) is 0 Å². The van der Waals surface area contributed by atoms with Gasteiger partial charge in [-0.2, -0.15) is 13.2 Å². The summed E-state index contributed by atoms with van der Waals surface area (Å²) in [6, 6.07) is 4.92. The number of fused-ring (bicyclic) bond motifs is 1. The van der Waals surface area contributed by atoms with Crippen LogP contribution in [0, 0.1) is 0 Å². The van der Waals surface area contributed by atoms with Gasteiger partial charge in [-0.25, -0.2) is 15.0 Å². The van der Waals surface area contributed by atoms with E-state index in [0.717, 1.165) is 12.1 Å². The molecule has 2 aromatic heterocycles. The number of alkyl halides is 3. The van der Waals surface area contributed by atoms with Crippen LogP contribution < -0.4 is 5.32 Å². The largest absolute Gasteiger partial charge is 0.416 e. The number of hydrogen-bond donors (Lipinski definition) is 4. The SMILES string of the molecule is OC[C@H]1O[C@@H](n2cnc3c(NCc4cccc(C(F)(F)F)c4)ncnc32)[C@@H](O)[C@@H]1O. The lowest BCUT2D eigenvalue weighted by Gasteiger charge is -2.16. The number of imidazole rings is 1. The van der Waals surface area contributed by atoms with E-state index in [1.165, 1.54) is 23.3 Å². The third-order valence-electron chi connectivity index (χ3n) is 4.86. The summed E-state index contributed by atoms with van der Waals surface area (Å²) in [4.78, 5) is 12.4. The zero-order chi connectivity index (χ0) is 21.5. The summed E-state index contributed by atoms with van der Waals surface area (Å²) >= 11 is 0. The van der Waals surface area contributed by atoms with Gasteiger partial charge in [0.05, 0.1) is 18.5 Å². The summed E-state index contributed by atoms with van der Waals surface area (Å²) in [5.74, 6) is 0.280. The molecule has 0 unspecified atom stereocenters. The fraction of sp³-hybridized carbons (Fsp3) is 0.389. The molecule has 1 aromatic carbocycles. The Hall–Kier alpha value is -2.80. The number of benzene rings is 1. The normalized spacial score (nSPS) is 24.5. The van der Waals surface area contributed by atoms with E-state index in [1.807, 2.05) is 0 Å². The molecule has 0 aliphatic carbocycles. The van der Waals surface area contributed by atoms with E-state index in [2.05, 4.69) is 20.3 Å². The molecule has 0 amide bonds. The van der Waals surface area contributed by atoms with Crippen LogP contribution in [0.4, 0.5) is 19.0 Å². The molecule has 9 nitrogen and oxygen atoms in total. The molecule has 30 heavy (non-hydrogen) atoms. The van der Waals surface area contributed by atoms with Crippen LogP contribution in [0.25, 0.3) is 11.2 Å². The first-order valence-electron chi connectivity index (χ1n) is 8.99. The quantitative estimate of drug-likeness (QED) is 0.478. The van der Waals surface area contributed by atoms with E-state index >= 15 is 0 Å². The Balaban J connectivity index is 1.57. The van der Waals surface area contributed by atoms with Gasteiger partial charge in [-0.1, -0.05) is 12.1 Å². The van der Waals surface area contributed by atoms with Crippen LogP contribution in [-0.4, -0.2) is 59.8 Å². The highest BCUT2D eigenvalue weighted by molar-refractivity contribution is 5.82. The van der Waals surface area contributed by atoms with Gasteiger partial charge < -0.3 is 25.4 Å². The van der Waals surface area contributed by atoms with Crippen molar-refractivity contribution in [1.29, 1.82) is 0 Å². The number of rotatable bonds is 5. The average Bonchev–Trinajstić information content (AvgIpc) is 3.27. The minimum Gasteiger partial charge on any atom is -0.394 e. The monoisotopic (exact) mass is 425 g/mol. The van der Waals surface area contributed by atoms with Crippen molar-refractivity contribution >= 4 is 17.0 Å². The minimum atomic E-state index is -4.43. The van der Waals surface area contributed by atoms with Crippen LogP contribution >= 0.6 is 0 Å². The number of anilines is 1. The highest BCUT2D eigenvalue weighted by atomic mass is 19.4. The predicted molar refractivity (Wildman–Crippen MR) is 97.1 cm³/mol. The number of hydrogen-bond acceptors (Lipinski definition) is 8. The van der Waals surface area contributed by atoms with Gasteiger partial charge in [-0.3, -0.25) is 4.57 Å². The van der Waals surface area contributed by atoms with Crippen molar-refractivity contribution in [3.8, 4) is 0 Å². The first-order valence-corrected chi connectivity index (χ1v) is 8.99. The van der Waals surface area contributed by atoms with Crippen LogP contribution in [-0.2, 0) is 17.5 Å². The summed E-state index contributed by atoms with van der Waals surface area (Å²) < 4.78 is 45.5. The Morgan fingerprint density at radius 1 is 1.13 bits per heavy atom. The van der Waals surface area contributed by atoms with Crippen molar-refractivity contribution in [3.05, 3.63) is 48.0 Å². The molecule has 1 aliphatic rings. The first-order chi connectivity index (χ1) is 14.3. The van der Waals surface area contributed by atoms with E-state index in [0.29, 0.717) is 11.1 Å². The Labute approximate surface area is 167 Å². The number of ether oxygens (including phenoxy) is 1. The van der Waals surface area contributed by atoms with Crippen molar-refractivity contribution < 1.29 is 33.2 Å². The summed E-state index contributed by atoms with van der Waals surface area (Å²) in [5.41, 5.74) is 0.247.